The van der Waals surface area contributed by atoms with E-state index < -0.39 is 24.0 Å². The minimum absolute atomic E-state index is 0.0244. The van der Waals surface area contributed by atoms with E-state index in [0.29, 0.717) is 17.8 Å². The molecule has 3 atom stereocenters. The molecule has 0 saturated carbocycles. The van der Waals surface area contributed by atoms with Crippen LogP contribution in [0.4, 0.5) is 13.2 Å². The number of fused-ring (bicyclic) bond motifs is 2. The number of halogens is 3. The Bertz CT molecular complexity index is 1250. The van der Waals surface area contributed by atoms with Gasteiger partial charge in [-0.25, -0.2) is 0 Å². The standard InChI is InChI=1S/C32H41F3N4O2S/c1-21-8-6-12-26-27(21)23-9-2-3-11-25(23)31(26,30(41)37-20-32(33,34)35)15-4-5-17-39-18-13-22(14-19-39)38-28(40)24-10-7-16-36-29(24)42/h2-3,6,9,11-12,21-22,24H,4-5,7-8,10,13-20H2,1H3,(H,36,42)(H,37,41)(H,38,40). The van der Waals surface area contributed by atoms with Crippen LogP contribution in [0.15, 0.2) is 42.0 Å². The van der Waals surface area contributed by atoms with Gasteiger partial charge in [0.05, 0.1) is 16.3 Å². The molecule has 0 radical (unpaired) electrons. The maximum atomic E-state index is 13.8. The molecule has 1 aromatic rings. The summed E-state index contributed by atoms with van der Waals surface area (Å²) in [6.45, 7) is 4.19. The predicted molar refractivity (Wildman–Crippen MR) is 162 cm³/mol. The lowest BCUT2D eigenvalue weighted by Gasteiger charge is -2.35. The number of carbonyl (C=O) groups is 2. The first-order valence-electron chi connectivity index (χ1n) is 15.3. The van der Waals surface area contributed by atoms with E-state index in [-0.39, 0.29) is 23.8 Å². The molecule has 2 amide bonds. The summed E-state index contributed by atoms with van der Waals surface area (Å²) in [6, 6.07) is 7.86. The fourth-order valence-corrected chi connectivity index (χ4v) is 7.52. The summed E-state index contributed by atoms with van der Waals surface area (Å²) in [6.07, 6.45) is 5.84. The van der Waals surface area contributed by atoms with Crippen LogP contribution in [0.5, 0.6) is 0 Å². The Balaban J connectivity index is 1.20. The first-order valence-corrected chi connectivity index (χ1v) is 15.7. The summed E-state index contributed by atoms with van der Waals surface area (Å²) in [5.41, 5.74) is 2.61. The summed E-state index contributed by atoms with van der Waals surface area (Å²) in [4.78, 5) is 29.5. The van der Waals surface area contributed by atoms with Gasteiger partial charge < -0.3 is 20.9 Å². The van der Waals surface area contributed by atoms with Crippen LogP contribution in [0, 0.1) is 11.8 Å². The minimum Gasteiger partial charge on any atom is -0.379 e. The lowest BCUT2D eigenvalue weighted by Crippen LogP contribution is -2.50. The second-order valence-corrected chi connectivity index (χ2v) is 12.6. The number of hydrogen-bond donors (Lipinski definition) is 3. The summed E-state index contributed by atoms with van der Waals surface area (Å²) in [5.74, 6) is -0.586. The Kier molecular flexibility index (Phi) is 9.42. The third-order valence-corrected chi connectivity index (χ3v) is 9.77. The van der Waals surface area contributed by atoms with Gasteiger partial charge in [0.25, 0.3) is 0 Å². The van der Waals surface area contributed by atoms with Crippen LogP contribution < -0.4 is 16.0 Å². The Morgan fingerprint density at radius 2 is 1.90 bits per heavy atom. The van der Waals surface area contributed by atoms with E-state index in [2.05, 4.69) is 27.8 Å². The normalized spacial score (nSPS) is 26.4. The van der Waals surface area contributed by atoms with Crippen LogP contribution in [-0.4, -0.2) is 66.6 Å². The topological polar surface area (TPSA) is 73.5 Å². The molecular weight excluding hydrogens is 561 g/mol. The highest BCUT2D eigenvalue weighted by molar-refractivity contribution is 7.80. The van der Waals surface area contributed by atoms with E-state index in [4.69, 9.17) is 12.2 Å². The SMILES string of the molecule is CC1CC=CC2=C1c1ccccc1C2(CCCCN1CCC(NC(=O)C2CCCNC2=S)CC1)C(=O)NCC(F)(F)F. The van der Waals surface area contributed by atoms with E-state index >= 15 is 0 Å². The van der Waals surface area contributed by atoms with E-state index in [9.17, 15) is 22.8 Å². The number of allylic oxidation sites excluding steroid dienone is 3. The number of piperidine rings is 2. The number of hydrogen-bond acceptors (Lipinski definition) is 4. The highest BCUT2D eigenvalue weighted by atomic mass is 32.1. The maximum Gasteiger partial charge on any atom is 0.405 e. The van der Waals surface area contributed by atoms with Gasteiger partial charge >= 0.3 is 6.18 Å². The molecule has 1 aromatic carbocycles. The molecule has 2 fully saturated rings. The third-order valence-electron chi connectivity index (χ3n) is 9.34. The molecule has 2 heterocycles. The van der Waals surface area contributed by atoms with Gasteiger partial charge in [-0.15, -0.1) is 0 Å². The quantitative estimate of drug-likeness (QED) is 0.273. The van der Waals surface area contributed by atoms with Crippen molar-refractivity contribution in [3.05, 3.63) is 53.1 Å². The van der Waals surface area contributed by atoms with Crippen LogP contribution in [0.1, 0.15) is 69.4 Å². The van der Waals surface area contributed by atoms with Gasteiger partial charge in [-0.1, -0.05) is 62.0 Å². The molecule has 0 bridgehead atoms. The highest BCUT2D eigenvalue weighted by Crippen LogP contribution is 2.54. The number of benzene rings is 1. The molecule has 3 unspecified atom stereocenters. The summed E-state index contributed by atoms with van der Waals surface area (Å²) in [5, 5.41) is 8.57. The molecule has 2 aliphatic carbocycles. The molecule has 42 heavy (non-hydrogen) atoms. The first-order chi connectivity index (χ1) is 20.1. The molecular formula is C32H41F3N4O2S. The number of thiocarbonyl (C=S) groups is 1. The Labute approximate surface area is 251 Å². The van der Waals surface area contributed by atoms with Crippen molar-refractivity contribution >= 4 is 34.6 Å². The summed E-state index contributed by atoms with van der Waals surface area (Å²) < 4.78 is 39.5. The van der Waals surface area contributed by atoms with Crippen LogP contribution in [0.2, 0.25) is 0 Å². The molecule has 6 nitrogen and oxygen atoms in total. The first kappa shape index (κ1) is 30.7. The molecule has 3 N–H and O–H groups in total. The second-order valence-electron chi connectivity index (χ2n) is 12.2. The fourth-order valence-electron chi connectivity index (χ4n) is 7.19. The molecule has 0 aromatic heterocycles. The summed E-state index contributed by atoms with van der Waals surface area (Å²) >= 11 is 5.34. The van der Waals surface area contributed by atoms with Gasteiger partial charge in [-0.05, 0) is 79.7 Å². The number of amides is 2. The van der Waals surface area contributed by atoms with Crippen LogP contribution in [0.3, 0.4) is 0 Å². The van der Waals surface area contributed by atoms with Crippen molar-refractivity contribution in [2.45, 2.75) is 75.9 Å². The number of rotatable bonds is 9. The maximum absolute atomic E-state index is 13.8. The molecule has 228 valence electrons. The van der Waals surface area contributed by atoms with Crippen LogP contribution in [-0.2, 0) is 15.0 Å². The third kappa shape index (κ3) is 6.44. The van der Waals surface area contributed by atoms with Crippen molar-refractivity contribution in [3.63, 3.8) is 0 Å². The van der Waals surface area contributed by atoms with Crippen molar-refractivity contribution in [2.75, 3.05) is 32.7 Å². The minimum atomic E-state index is -4.48. The molecule has 2 saturated heterocycles. The van der Waals surface area contributed by atoms with Crippen LogP contribution in [0.25, 0.3) is 5.57 Å². The molecule has 4 aliphatic rings. The zero-order valence-corrected chi connectivity index (χ0v) is 25.0. The van der Waals surface area contributed by atoms with E-state index in [1.54, 1.807) is 0 Å². The molecule has 0 spiro atoms. The average molecular weight is 603 g/mol. The summed E-state index contributed by atoms with van der Waals surface area (Å²) in [7, 11) is 0. The number of nitrogens with zero attached hydrogens (tertiary/aromatic N) is 1. The number of unbranched alkanes of at least 4 members (excludes halogenated alkanes) is 1. The van der Waals surface area contributed by atoms with Crippen molar-refractivity contribution in [1.82, 2.24) is 20.9 Å². The Hall–Kier alpha value is -2.72. The van der Waals surface area contributed by atoms with Gasteiger partial charge in [0.2, 0.25) is 11.8 Å². The molecule has 5 rings (SSSR count). The number of nitrogens with one attached hydrogen (secondary N) is 3. The van der Waals surface area contributed by atoms with Gasteiger partial charge in [0, 0.05) is 25.7 Å². The van der Waals surface area contributed by atoms with E-state index in [0.717, 1.165) is 87.0 Å². The van der Waals surface area contributed by atoms with Gasteiger partial charge in [0.15, 0.2) is 0 Å². The lowest BCUT2D eigenvalue weighted by atomic mass is 9.71. The Morgan fingerprint density at radius 3 is 2.64 bits per heavy atom. The fraction of sp³-hybridized carbons (Fsp3) is 0.594. The van der Waals surface area contributed by atoms with E-state index in [1.165, 1.54) is 0 Å². The molecule has 10 heteroatoms. The molecule has 2 aliphatic heterocycles. The van der Waals surface area contributed by atoms with Crippen molar-refractivity contribution in [1.29, 1.82) is 0 Å². The monoisotopic (exact) mass is 602 g/mol. The zero-order valence-electron chi connectivity index (χ0n) is 24.2. The Morgan fingerprint density at radius 1 is 1.14 bits per heavy atom. The zero-order chi connectivity index (χ0) is 29.9. The van der Waals surface area contributed by atoms with Gasteiger partial charge in [-0.2, -0.15) is 13.2 Å². The van der Waals surface area contributed by atoms with E-state index in [1.807, 2.05) is 36.4 Å². The lowest BCUT2D eigenvalue weighted by molar-refractivity contribution is -0.141. The second kappa shape index (κ2) is 12.9. The predicted octanol–water partition coefficient (Wildman–Crippen LogP) is 5.04. The number of carbonyl (C=O) groups excluding carboxylic acids is 2. The number of likely N-dealkylation sites (tertiary alicyclic amines) is 1. The van der Waals surface area contributed by atoms with Crippen molar-refractivity contribution in [2.24, 2.45) is 11.8 Å². The largest absolute Gasteiger partial charge is 0.405 e. The van der Waals surface area contributed by atoms with Crippen molar-refractivity contribution < 1.29 is 22.8 Å². The number of alkyl halides is 3. The van der Waals surface area contributed by atoms with Crippen molar-refractivity contribution in [3.8, 4) is 0 Å². The van der Waals surface area contributed by atoms with Gasteiger partial charge in [0.1, 0.15) is 6.54 Å². The smallest absolute Gasteiger partial charge is 0.379 e. The highest BCUT2D eigenvalue weighted by Gasteiger charge is 2.51. The van der Waals surface area contributed by atoms with Crippen LogP contribution >= 0.6 is 12.2 Å². The average Bonchev–Trinajstić information content (AvgIpc) is 3.26. The van der Waals surface area contributed by atoms with Gasteiger partial charge in [-0.3, -0.25) is 9.59 Å².